The third-order valence-electron chi connectivity index (χ3n) is 3.16. The van der Waals surface area contributed by atoms with Gasteiger partial charge in [-0.1, -0.05) is 30.3 Å². The van der Waals surface area contributed by atoms with Gasteiger partial charge in [0.15, 0.2) is 0 Å². The highest BCUT2D eigenvalue weighted by Crippen LogP contribution is 2.24. The topological polar surface area (TPSA) is 49.8 Å². The standard InChI is InChI=1S/C15H18N4/c1-2-4-12(5-3-1)8-9-16-14-10-15(18-11-17-14)19-13-6-7-13/h1-5,10-11,13H,6-9H2,(H2,16,17,18,19). The highest BCUT2D eigenvalue weighted by atomic mass is 15.1. The van der Waals surface area contributed by atoms with Crippen LogP contribution in [0.4, 0.5) is 11.6 Å². The summed E-state index contributed by atoms with van der Waals surface area (Å²) >= 11 is 0. The second-order valence-electron chi connectivity index (χ2n) is 4.87. The minimum Gasteiger partial charge on any atom is -0.370 e. The molecule has 2 aromatic rings. The Labute approximate surface area is 113 Å². The van der Waals surface area contributed by atoms with E-state index in [4.69, 9.17) is 0 Å². The summed E-state index contributed by atoms with van der Waals surface area (Å²) in [6, 6.07) is 13.0. The van der Waals surface area contributed by atoms with Gasteiger partial charge in [0.05, 0.1) is 0 Å². The Morgan fingerprint density at radius 3 is 2.63 bits per heavy atom. The molecule has 1 heterocycles. The van der Waals surface area contributed by atoms with Crippen LogP contribution in [0.25, 0.3) is 0 Å². The largest absolute Gasteiger partial charge is 0.370 e. The van der Waals surface area contributed by atoms with Gasteiger partial charge in [-0.05, 0) is 24.8 Å². The van der Waals surface area contributed by atoms with Crippen molar-refractivity contribution in [3.8, 4) is 0 Å². The Balaban J connectivity index is 1.51. The molecule has 98 valence electrons. The SMILES string of the molecule is c1ccc(CCNc2cc(NC3CC3)ncn2)cc1. The van der Waals surface area contributed by atoms with Crippen molar-refractivity contribution in [3.05, 3.63) is 48.3 Å². The van der Waals surface area contributed by atoms with E-state index in [1.54, 1.807) is 6.33 Å². The van der Waals surface area contributed by atoms with Gasteiger partial charge in [-0.15, -0.1) is 0 Å². The van der Waals surface area contributed by atoms with Crippen LogP contribution in [0.1, 0.15) is 18.4 Å². The zero-order valence-corrected chi connectivity index (χ0v) is 10.8. The molecule has 1 aromatic heterocycles. The van der Waals surface area contributed by atoms with Gasteiger partial charge in [0.2, 0.25) is 0 Å². The number of aromatic nitrogens is 2. The van der Waals surface area contributed by atoms with Crippen molar-refractivity contribution in [2.24, 2.45) is 0 Å². The summed E-state index contributed by atoms with van der Waals surface area (Å²) in [6.45, 7) is 0.879. The molecular weight excluding hydrogens is 236 g/mol. The number of nitrogens with zero attached hydrogens (tertiary/aromatic N) is 2. The Kier molecular flexibility index (Phi) is 3.58. The van der Waals surface area contributed by atoms with E-state index in [-0.39, 0.29) is 0 Å². The summed E-state index contributed by atoms with van der Waals surface area (Å²) in [7, 11) is 0. The molecule has 2 N–H and O–H groups in total. The van der Waals surface area contributed by atoms with E-state index in [0.29, 0.717) is 6.04 Å². The molecule has 4 nitrogen and oxygen atoms in total. The number of hydrogen-bond acceptors (Lipinski definition) is 4. The summed E-state index contributed by atoms with van der Waals surface area (Å²) in [5.41, 5.74) is 1.33. The molecule has 0 unspecified atom stereocenters. The summed E-state index contributed by atoms with van der Waals surface area (Å²) in [5.74, 6) is 1.80. The lowest BCUT2D eigenvalue weighted by molar-refractivity contribution is 0.996. The van der Waals surface area contributed by atoms with E-state index in [1.807, 2.05) is 12.1 Å². The van der Waals surface area contributed by atoms with Crippen molar-refractivity contribution >= 4 is 11.6 Å². The molecular formula is C15H18N4. The van der Waals surface area contributed by atoms with Crippen LogP contribution in [-0.4, -0.2) is 22.6 Å². The number of benzene rings is 1. The van der Waals surface area contributed by atoms with Crippen LogP contribution in [0.15, 0.2) is 42.7 Å². The van der Waals surface area contributed by atoms with Crippen molar-refractivity contribution in [1.29, 1.82) is 0 Å². The molecule has 0 spiro atoms. The van der Waals surface area contributed by atoms with Gasteiger partial charge in [-0.3, -0.25) is 0 Å². The van der Waals surface area contributed by atoms with Crippen LogP contribution < -0.4 is 10.6 Å². The van der Waals surface area contributed by atoms with E-state index in [2.05, 4.69) is 44.9 Å². The third kappa shape index (κ3) is 3.68. The number of hydrogen-bond donors (Lipinski definition) is 2. The maximum Gasteiger partial charge on any atom is 0.131 e. The second-order valence-corrected chi connectivity index (χ2v) is 4.87. The molecule has 0 amide bonds. The third-order valence-corrected chi connectivity index (χ3v) is 3.16. The molecule has 0 aliphatic heterocycles. The minimum absolute atomic E-state index is 0.618. The lowest BCUT2D eigenvalue weighted by Gasteiger charge is -2.08. The fraction of sp³-hybridized carbons (Fsp3) is 0.333. The summed E-state index contributed by atoms with van der Waals surface area (Å²) in [6.07, 6.45) is 5.10. The lowest BCUT2D eigenvalue weighted by atomic mass is 10.1. The average Bonchev–Trinajstić information content (AvgIpc) is 3.24. The summed E-state index contributed by atoms with van der Waals surface area (Å²) < 4.78 is 0. The normalized spacial score (nSPS) is 14.1. The number of anilines is 2. The number of nitrogens with one attached hydrogen (secondary N) is 2. The number of rotatable bonds is 6. The second kappa shape index (κ2) is 5.69. The zero-order valence-electron chi connectivity index (χ0n) is 10.8. The van der Waals surface area contributed by atoms with E-state index < -0.39 is 0 Å². The Bertz CT molecular complexity index is 523. The monoisotopic (exact) mass is 254 g/mol. The van der Waals surface area contributed by atoms with E-state index in [9.17, 15) is 0 Å². The maximum absolute atomic E-state index is 4.24. The molecule has 1 aromatic carbocycles. The fourth-order valence-corrected chi connectivity index (χ4v) is 1.95. The molecule has 3 rings (SSSR count). The minimum atomic E-state index is 0.618. The van der Waals surface area contributed by atoms with E-state index in [1.165, 1.54) is 18.4 Å². The average molecular weight is 254 g/mol. The van der Waals surface area contributed by atoms with Gasteiger partial charge in [0, 0.05) is 18.7 Å². The molecule has 1 saturated carbocycles. The molecule has 1 fully saturated rings. The van der Waals surface area contributed by atoms with Gasteiger partial charge in [0.25, 0.3) is 0 Å². The van der Waals surface area contributed by atoms with Gasteiger partial charge in [-0.2, -0.15) is 0 Å². The van der Waals surface area contributed by atoms with Crippen LogP contribution in [0, 0.1) is 0 Å². The summed E-state index contributed by atoms with van der Waals surface area (Å²) in [5, 5.41) is 6.71. The molecule has 0 radical (unpaired) electrons. The summed E-state index contributed by atoms with van der Waals surface area (Å²) in [4.78, 5) is 8.46. The van der Waals surface area contributed by atoms with Gasteiger partial charge in [-0.25, -0.2) is 9.97 Å². The fourth-order valence-electron chi connectivity index (χ4n) is 1.95. The first-order chi connectivity index (χ1) is 9.40. The lowest BCUT2D eigenvalue weighted by Crippen LogP contribution is -2.08. The van der Waals surface area contributed by atoms with Crippen LogP contribution in [0.3, 0.4) is 0 Å². The Hall–Kier alpha value is -2.10. The van der Waals surface area contributed by atoms with Crippen LogP contribution in [0.5, 0.6) is 0 Å². The van der Waals surface area contributed by atoms with Crippen molar-refractivity contribution < 1.29 is 0 Å². The Morgan fingerprint density at radius 1 is 1.05 bits per heavy atom. The first kappa shape index (κ1) is 12.0. The van der Waals surface area contributed by atoms with Crippen molar-refractivity contribution in [1.82, 2.24) is 9.97 Å². The molecule has 0 saturated heterocycles. The van der Waals surface area contributed by atoms with E-state index >= 15 is 0 Å². The Morgan fingerprint density at radius 2 is 1.84 bits per heavy atom. The zero-order chi connectivity index (χ0) is 12.9. The maximum atomic E-state index is 4.24. The predicted molar refractivity (Wildman–Crippen MR) is 77.3 cm³/mol. The van der Waals surface area contributed by atoms with Crippen LogP contribution >= 0.6 is 0 Å². The molecule has 19 heavy (non-hydrogen) atoms. The van der Waals surface area contributed by atoms with E-state index in [0.717, 1.165) is 24.6 Å². The highest BCUT2D eigenvalue weighted by molar-refractivity contribution is 5.47. The first-order valence-electron chi connectivity index (χ1n) is 6.76. The first-order valence-corrected chi connectivity index (χ1v) is 6.76. The van der Waals surface area contributed by atoms with Crippen molar-refractivity contribution in [2.45, 2.75) is 25.3 Å². The van der Waals surface area contributed by atoms with Crippen molar-refractivity contribution in [3.63, 3.8) is 0 Å². The quantitative estimate of drug-likeness (QED) is 0.832. The van der Waals surface area contributed by atoms with Crippen LogP contribution in [0.2, 0.25) is 0 Å². The molecule has 1 aliphatic carbocycles. The molecule has 0 bridgehead atoms. The van der Waals surface area contributed by atoms with Gasteiger partial charge >= 0.3 is 0 Å². The molecule has 4 heteroatoms. The van der Waals surface area contributed by atoms with Gasteiger partial charge < -0.3 is 10.6 Å². The van der Waals surface area contributed by atoms with Crippen LogP contribution in [-0.2, 0) is 6.42 Å². The van der Waals surface area contributed by atoms with Gasteiger partial charge in [0.1, 0.15) is 18.0 Å². The molecule has 0 atom stereocenters. The van der Waals surface area contributed by atoms with Crippen molar-refractivity contribution in [2.75, 3.05) is 17.2 Å². The highest BCUT2D eigenvalue weighted by Gasteiger charge is 2.21. The molecule has 1 aliphatic rings. The predicted octanol–water partition coefficient (Wildman–Crippen LogP) is 2.71. The smallest absolute Gasteiger partial charge is 0.131 e.